The van der Waals surface area contributed by atoms with Gasteiger partial charge in [0.1, 0.15) is 0 Å². The maximum Gasteiger partial charge on any atom is 0.335 e. The van der Waals surface area contributed by atoms with Crippen molar-refractivity contribution in [2.45, 2.75) is 0 Å². The van der Waals surface area contributed by atoms with Crippen LogP contribution in [0.5, 0.6) is 0 Å². The molecule has 7 aromatic carbocycles. The number of carboxylic acid groups (broad SMARTS) is 3. The fourth-order valence-electron chi connectivity index (χ4n) is 5.58. The molecule has 0 radical (unpaired) electrons. The standard InChI is InChI=1S/C21H12O6.C18H15N/c22-19(23)10-1-4-13-16(7-10)14-5-2-12(21(26)27)9-18(14)15-6-3-11(20(24)25)8-17(13)15;1-4-10-16(11-5-1)19(17-12-6-2-7-13-17)18-14-8-3-9-15-18/h1-9H,(H,22,23)(H,24,25)(H,26,27);1-15H. The summed E-state index contributed by atoms with van der Waals surface area (Å²) in [6.07, 6.45) is 0. The van der Waals surface area contributed by atoms with Gasteiger partial charge in [-0.05, 0) is 105 Å². The average molecular weight is 606 g/mol. The number of hydrogen-bond donors (Lipinski definition) is 3. The maximum absolute atomic E-state index is 11.4. The molecule has 0 aromatic heterocycles. The first kappa shape index (κ1) is 29.6. The topological polar surface area (TPSA) is 115 Å². The lowest BCUT2D eigenvalue weighted by molar-refractivity contribution is 0.0686. The molecule has 3 N–H and O–H groups in total. The quantitative estimate of drug-likeness (QED) is 0.162. The molecule has 0 heterocycles. The number of nitrogens with zero attached hydrogens (tertiary/aromatic N) is 1. The van der Waals surface area contributed by atoms with Crippen LogP contribution in [0, 0.1) is 0 Å². The first-order valence-electron chi connectivity index (χ1n) is 14.4. The predicted molar refractivity (Wildman–Crippen MR) is 181 cm³/mol. The Morgan fingerprint density at radius 2 is 0.609 bits per heavy atom. The number of aromatic carboxylic acids is 3. The second-order valence-electron chi connectivity index (χ2n) is 10.5. The highest BCUT2D eigenvalue weighted by Gasteiger charge is 2.15. The van der Waals surface area contributed by atoms with Crippen molar-refractivity contribution < 1.29 is 29.7 Å². The van der Waals surface area contributed by atoms with Gasteiger partial charge in [0.15, 0.2) is 0 Å². The van der Waals surface area contributed by atoms with Crippen molar-refractivity contribution >= 4 is 67.3 Å². The van der Waals surface area contributed by atoms with E-state index in [0.717, 1.165) is 0 Å². The highest BCUT2D eigenvalue weighted by atomic mass is 16.4. The van der Waals surface area contributed by atoms with E-state index in [4.69, 9.17) is 0 Å². The number of hydrogen-bond acceptors (Lipinski definition) is 4. The van der Waals surface area contributed by atoms with Crippen LogP contribution in [0.2, 0.25) is 0 Å². The first-order chi connectivity index (χ1) is 22.3. The van der Waals surface area contributed by atoms with Gasteiger partial charge in [-0.3, -0.25) is 0 Å². The van der Waals surface area contributed by atoms with Gasteiger partial charge in [0.2, 0.25) is 0 Å². The van der Waals surface area contributed by atoms with E-state index in [1.165, 1.54) is 53.5 Å². The van der Waals surface area contributed by atoms with Crippen LogP contribution < -0.4 is 4.90 Å². The van der Waals surface area contributed by atoms with Gasteiger partial charge in [0.05, 0.1) is 16.7 Å². The molecule has 0 spiro atoms. The fourth-order valence-corrected chi connectivity index (χ4v) is 5.58. The van der Waals surface area contributed by atoms with Crippen molar-refractivity contribution in [2.75, 3.05) is 4.90 Å². The number of carbonyl (C=O) groups is 3. The molecule has 0 unspecified atom stereocenters. The molecule has 0 aliphatic rings. The fraction of sp³-hybridized carbons (Fsp3) is 0. The number of anilines is 3. The molecule has 0 fully saturated rings. The van der Waals surface area contributed by atoms with Crippen LogP contribution in [0.3, 0.4) is 0 Å². The van der Waals surface area contributed by atoms with Gasteiger partial charge in [-0.25, -0.2) is 14.4 Å². The Hall–Kier alpha value is -6.47. The van der Waals surface area contributed by atoms with E-state index in [-0.39, 0.29) is 16.7 Å². The number of benzene rings is 7. The van der Waals surface area contributed by atoms with Gasteiger partial charge < -0.3 is 20.2 Å². The molecule has 0 atom stereocenters. The predicted octanol–water partition coefficient (Wildman–Crippen LogP) is 9.40. The van der Waals surface area contributed by atoms with Crippen molar-refractivity contribution in [3.8, 4) is 0 Å². The summed E-state index contributed by atoms with van der Waals surface area (Å²) in [5, 5.41) is 31.9. The Kier molecular flexibility index (Phi) is 8.13. The molecule has 7 aromatic rings. The van der Waals surface area contributed by atoms with Crippen LogP contribution in [-0.4, -0.2) is 33.2 Å². The van der Waals surface area contributed by atoms with E-state index < -0.39 is 17.9 Å². The van der Waals surface area contributed by atoms with Gasteiger partial charge in [-0.15, -0.1) is 0 Å². The Labute approximate surface area is 263 Å². The molecule has 7 heteroatoms. The second-order valence-corrected chi connectivity index (χ2v) is 10.5. The lowest BCUT2D eigenvalue weighted by atomic mass is 9.91. The highest BCUT2D eigenvalue weighted by Crippen LogP contribution is 2.37. The van der Waals surface area contributed by atoms with E-state index in [9.17, 15) is 29.7 Å². The smallest absolute Gasteiger partial charge is 0.335 e. The zero-order valence-electron chi connectivity index (χ0n) is 24.4. The molecule has 0 aliphatic carbocycles. The minimum Gasteiger partial charge on any atom is -0.478 e. The van der Waals surface area contributed by atoms with Crippen molar-refractivity contribution in [1.82, 2.24) is 0 Å². The number of carboxylic acids is 3. The summed E-state index contributed by atoms with van der Waals surface area (Å²) in [7, 11) is 0. The summed E-state index contributed by atoms with van der Waals surface area (Å²) in [5.74, 6) is -3.23. The molecule has 46 heavy (non-hydrogen) atoms. The largest absolute Gasteiger partial charge is 0.478 e. The second kappa shape index (κ2) is 12.6. The SMILES string of the molecule is O=C(O)c1ccc2c(c1)c1ccc(C(=O)O)cc1c1ccc(C(=O)O)cc21.c1ccc(N(c2ccccc2)c2ccccc2)cc1. The lowest BCUT2D eigenvalue weighted by Crippen LogP contribution is -2.09. The molecule has 0 saturated carbocycles. The Morgan fingerprint density at radius 1 is 0.348 bits per heavy atom. The van der Waals surface area contributed by atoms with E-state index in [1.807, 2.05) is 18.2 Å². The summed E-state index contributed by atoms with van der Waals surface area (Å²) in [5.41, 5.74) is 3.79. The Balaban J connectivity index is 0.000000172. The summed E-state index contributed by atoms with van der Waals surface area (Å²) < 4.78 is 0. The van der Waals surface area contributed by atoms with Gasteiger partial charge in [0, 0.05) is 17.1 Å². The third-order valence-corrected chi connectivity index (χ3v) is 7.71. The molecule has 0 bridgehead atoms. The number of para-hydroxylation sites is 3. The highest BCUT2D eigenvalue weighted by molar-refractivity contribution is 6.27. The third-order valence-electron chi connectivity index (χ3n) is 7.71. The van der Waals surface area contributed by atoms with Crippen LogP contribution in [-0.2, 0) is 0 Å². The van der Waals surface area contributed by atoms with Gasteiger partial charge in [-0.2, -0.15) is 0 Å². The van der Waals surface area contributed by atoms with E-state index in [1.54, 1.807) is 18.2 Å². The van der Waals surface area contributed by atoms with Crippen LogP contribution in [0.4, 0.5) is 17.1 Å². The van der Waals surface area contributed by atoms with E-state index in [2.05, 4.69) is 77.7 Å². The minimum atomic E-state index is -1.08. The summed E-state index contributed by atoms with van der Waals surface area (Å²) in [4.78, 5) is 36.4. The third kappa shape index (κ3) is 5.85. The minimum absolute atomic E-state index is 0.0971. The molecule has 0 amide bonds. The molecule has 224 valence electrons. The Morgan fingerprint density at radius 3 is 0.848 bits per heavy atom. The van der Waals surface area contributed by atoms with E-state index in [0.29, 0.717) is 32.3 Å². The molecule has 0 aliphatic heterocycles. The molecular formula is C39H27NO6. The first-order valence-corrected chi connectivity index (χ1v) is 14.4. The molecular weight excluding hydrogens is 578 g/mol. The zero-order chi connectivity index (χ0) is 32.2. The average Bonchev–Trinajstić information content (AvgIpc) is 3.09. The molecule has 7 rings (SSSR count). The van der Waals surface area contributed by atoms with Crippen molar-refractivity contribution in [2.24, 2.45) is 0 Å². The summed E-state index contributed by atoms with van der Waals surface area (Å²) in [6, 6.07) is 45.2. The number of rotatable bonds is 6. The van der Waals surface area contributed by atoms with Gasteiger partial charge in [0.25, 0.3) is 0 Å². The van der Waals surface area contributed by atoms with E-state index >= 15 is 0 Å². The summed E-state index contributed by atoms with van der Waals surface area (Å²) in [6.45, 7) is 0. The zero-order valence-corrected chi connectivity index (χ0v) is 24.4. The van der Waals surface area contributed by atoms with Crippen molar-refractivity contribution in [1.29, 1.82) is 0 Å². The monoisotopic (exact) mass is 605 g/mol. The van der Waals surface area contributed by atoms with Gasteiger partial charge >= 0.3 is 17.9 Å². The van der Waals surface area contributed by atoms with Crippen molar-refractivity contribution in [3.05, 3.63) is 162 Å². The normalized spacial score (nSPS) is 10.7. The molecule has 0 saturated heterocycles. The number of fused-ring (bicyclic) bond motifs is 6. The van der Waals surface area contributed by atoms with Crippen LogP contribution in [0.1, 0.15) is 31.1 Å². The van der Waals surface area contributed by atoms with Crippen LogP contribution in [0.15, 0.2) is 146 Å². The van der Waals surface area contributed by atoms with Gasteiger partial charge in [-0.1, -0.05) is 72.8 Å². The lowest BCUT2D eigenvalue weighted by Gasteiger charge is -2.25. The summed E-state index contributed by atoms with van der Waals surface area (Å²) >= 11 is 0. The maximum atomic E-state index is 11.4. The van der Waals surface area contributed by atoms with Crippen LogP contribution >= 0.6 is 0 Å². The molecule has 7 nitrogen and oxygen atoms in total. The Bertz CT molecular complexity index is 1950. The van der Waals surface area contributed by atoms with Crippen molar-refractivity contribution in [3.63, 3.8) is 0 Å². The van der Waals surface area contributed by atoms with Crippen LogP contribution in [0.25, 0.3) is 32.3 Å².